The van der Waals surface area contributed by atoms with Crippen molar-refractivity contribution in [3.05, 3.63) is 30.1 Å². The van der Waals surface area contributed by atoms with E-state index in [0.717, 1.165) is 44.5 Å². The highest BCUT2D eigenvalue weighted by molar-refractivity contribution is 5.83. The number of amides is 1. The second-order valence-electron chi connectivity index (χ2n) is 6.30. The quantitative estimate of drug-likeness (QED) is 0.912. The summed E-state index contributed by atoms with van der Waals surface area (Å²) in [4.78, 5) is 19.4. The minimum Gasteiger partial charge on any atom is -0.333 e. The maximum absolute atomic E-state index is 13.0. The number of carbonyl (C=O) groups excluding carboxylic acids is 1. The molecule has 1 aromatic rings. The standard InChI is InChI=1S/C16H23N3O/c1-16(7-10-17-11-8-16)15(20)19(14-5-6-14)12-13-4-2-3-9-18-13/h2-4,9,14,17H,5-8,10-12H2,1H3. The fraction of sp³-hybridized carbons (Fsp3) is 0.625. The molecule has 4 heteroatoms. The first kappa shape index (κ1) is 13.6. The van der Waals surface area contributed by atoms with Crippen molar-refractivity contribution in [2.45, 2.75) is 45.2 Å². The summed E-state index contributed by atoms with van der Waals surface area (Å²) in [5.41, 5.74) is 0.799. The Morgan fingerprint density at radius 3 is 2.75 bits per heavy atom. The molecule has 108 valence electrons. The van der Waals surface area contributed by atoms with Gasteiger partial charge in [0.05, 0.1) is 12.2 Å². The Labute approximate surface area is 120 Å². The van der Waals surface area contributed by atoms with Gasteiger partial charge in [-0.2, -0.15) is 0 Å². The van der Waals surface area contributed by atoms with Gasteiger partial charge in [0, 0.05) is 17.7 Å². The van der Waals surface area contributed by atoms with Gasteiger partial charge in [0.25, 0.3) is 0 Å². The Bertz CT molecular complexity index is 464. The van der Waals surface area contributed by atoms with Crippen LogP contribution in [-0.2, 0) is 11.3 Å². The summed E-state index contributed by atoms with van der Waals surface area (Å²) < 4.78 is 0. The topological polar surface area (TPSA) is 45.2 Å². The van der Waals surface area contributed by atoms with Gasteiger partial charge in [0.2, 0.25) is 5.91 Å². The van der Waals surface area contributed by atoms with Gasteiger partial charge in [-0.05, 0) is 50.9 Å². The van der Waals surface area contributed by atoms with E-state index < -0.39 is 0 Å². The van der Waals surface area contributed by atoms with Crippen LogP contribution >= 0.6 is 0 Å². The molecule has 1 aromatic heterocycles. The lowest BCUT2D eigenvalue weighted by Crippen LogP contribution is -2.48. The number of pyridine rings is 1. The average molecular weight is 273 g/mol. The van der Waals surface area contributed by atoms with E-state index in [-0.39, 0.29) is 5.41 Å². The molecule has 1 N–H and O–H groups in total. The van der Waals surface area contributed by atoms with Crippen LogP contribution in [0.15, 0.2) is 24.4 Å². The van der Waals surface area contributed by atoms with E-state index in [1.807, 2.05) is 18.2 Å². The summed E-state index contributed by atoms with van der Waals surface area (Å²) in [7, 11) is 0. The van der Waals surface area contributed by atoms with Crippen molar-refractivity contribution in [3.63, 3.8) is 0 Å². The highest BCUT2D eigenvalue weighted by Crippen LogP contribution is 2.36. The zero-order valence-electron chi connectivity index (χ0n) is 12.1. The molecule has 3 rings (SSSR count). The van der Waals surface area contributed by atoms with E-state index in [2.05, 4.69) is 22.1 Å². The smallest absolute Gasteiger partial charge is 0.229 e. The Morgan fingerprint density at radius 1 is 1.40 bits per heavy atom. The van der Waals surface area contributed by atoms with Gasteiger partial charge in [-0.1, -0.05) is 13.0 Å². The third-order valence-electron chi connectivity index (χ3n) is 4.53. The third-order valence-corrected chi connectivity index (χ3v) is 4.53. The zero-order valence-corrected chi connectivity index (χ0v) is 12.1. The molecule has 0 radical (unpaired) electrons. The second kappa shape index (κ2) is 5.52. The fourth-order valence-corrected chi connectivity index (χ4v) is 2.96. The first-order valence-electron chi connectivity index (χ1n) is 7.61. The maximum Gasteiger partial charge on any atom is 0.229 e. The number of hydrogen-bond donors (Lipinski definition) is 1. The summed E-state index contributed by atoms with van der Waals surface area (Å²) >= 11 is 0. The zero-order chi connectivity index (χ0) is 14.0. The van der Waals surface area contributed by atoms with E-state index in [1.54, 1.807) is 6.20 Å². The molecule has 2 fully saturated rings. The lowest BCUT2D eigenvalue weighted by Gasteiger charge is -2.37. The molecule has 4 nitrogen and oxygen atoms in total. The van der Waals surface area contributed by atoms with Crippen LogP contribution in [0, 0.1) is 5.41 Å². The number of rotatable bonds is 4. The van der Waals surface area contributed by atoms with Crippen LogP contribution in [0.4, 0.5) is 0 Å². The van der Waals surface area contributed by atoms with Crippen molar-refractivity contribution >= 4 is 5.91 Å². The number of nitrogens with one attached hydrogen (secondary N) is 1. The summed E-state index contributed by atoms with van der Waals surface area (Å²) in [5, 5.41) is 3.35. The minimum absolute atomic E-state index is 0.192. The van der Waals surface area contributed by atoms with E-state index >= 15 is 0 Å². The van der Waals surface area contributed by atoms with Crippen LogP contribution in [0.25, 0.3) is 0 Å². The van der Waals surface area contributed by atoms with Crippen LogP contribution < -0.4 is 5.32 Å². The number of carbonyl (C=O) groups is 1. The van der Waals surface area contributed by atoms with E-state index in [4.69, 9.17) is 0 Å². The first-order valence-corrected chi connectivity index (χ1v) is 7.61. The molecule has 0 aromatic carbocycles. The molecular weight excluding hydrogens is 250 g/mol. The average Bonchev–Trinajstić information content (AvgIpc) is 3.30. The summed E-state index contributed by atoms with van der Waals surface area (Å²) in [6, 6.07) is 6.36. The minimum atomic E-state index is -0.192. The summed E-state index contributed by atoms with van der Waals surface area (Å²) in [6.07, 6.45) is 5.98. The first-order chi connectivity index (χ1) is 9.69. The van der Waals surface area contributed by atoms with Crippen LogP contribution in [-0.4, -0.2) is 34.9 Å². The molecule has 1 saturated heterocycles. The lowest BCUT2D eigenvalue weighted by molar-refractivity contribution is -0.144. The molecule has 0 atom stereocenters. The van der Waals surface area contributed by atoms with Crippen molar-refractivity contribution < 1.29 is 4.79 Å². The van der Waals surface area contributed by atoms with Crippen molar-refractivity contribution in [2.24, 2.45) is 5.41 Å². The molecule has 2 aliphatic rings. The monoisotopic (exact) mass is 273 g/mol. The molecule has 0 bridgehead atoms. The van der Waals surface area contributed by atoms with Gasteiger partial charge in [-0.25, -0.2) is 0 Å². The van der Waals surface area contributed by atoms with Crippen LogP contribution in [0.3, 0.4) is 0 Å². The number of aromatic nitrogens is 1. The van der Waals surface area contributed by atoms with Gasteiger partial charge in [0.1, 0.15) is 0 Å². The molecule has 0 spiro atoms. The normalized spacial score (nSPS) is 21.4. The highest BCUT2D eigenvalue weighted by Gasteiger charge is 2.42. The molecular formula is C16H23N3O. The van der Waals surface area contributed by atoms with Crippen LogP contribution in [0.5, 0.6) is 0 Å². The van der Waals surface area contributed by atoms with Crippen LogP contribution in [0.2, 0.25) is 0 Å². The third kappa shape index (κ3) is 2.85. The molecule has 1 saturated carbocycles. The maximum atomic E-state index is 13.0. The molecule has 1 amide bonds. The predicted octanol–water partition coefficient (Wildman–Crippen LogP) is 1.96. The molecule has 0 unspecified atom stereocenters. The second-order valence-corrected chi connectivity index (χ2v) is 6.30. The van der Waals surface area contributed by atoms with Crippen molar-refractivity contribution in [2.75, 3.05) is 13.1 Å². The van der Waals surface area contributed by atoms with Gasteiger partial charge < -0.3 is 10.2 Å². The number of hydrogen-bond acceptors (Lipinski definition) is 3. The molecule has 1 aliphatic heterocycles. The fourth-order valence-electron chi connectivity index (χ4n) is 2.96. The predicted molar refractivity (Wildman–Crippen MR) is 78.0 cm³/mol. The lowest BCUT2D eigenvalue weighted by atomic mass is 9.79. The highest BCUT2D eigenvalue weighted by atomic mass is 16.2. The van der Waals surface area contributed by atoms with Gasteiger partial charge in [-0.3, -0.25) is 9.78 Å². The summed E-state index contributed by atoms with van der Waals surface area (Å²) in [5.74, 6) is 0.326. The Kier molecular flexibility index (Phi) is 3.74. The SMILES string of the molecule is CC1(C(=O)N(Cc2ccccn2)C2CC2)CCNCC1. The molecule has 1 aliphatic carbocycles. The van der Waals surface area contributed by atoms with Gasteiger partial charge in [0.15, 0.2) is 0 Å². The molecule has 20 heavy (non-hydrogen) atoms. The number of piperidine rings is 1. The van der Waals surface area contributed by atoms with Gasteiger partial charge >= 0.3 is 0 Å². The Morgan fingerprint density at radius 2 is 2.15 bits per heavy atom. The van der Waals surface area contributed by atoms with Crippen molar-refractivity contribution in [1.82, 2.24) is 15.2 Å². The van der Waals surface area contributed by atoms with Crippen LogP contribution in [0.1, 0.15) is 38.3 Å². The van der Waals surface area contributed by atoms with E-state index in [1.165, 1.54) is 0 Å². The Hall–Kier alpha value is -1.42. The molecule has 2 heterocycles. The Balaban J connectivity index is 1.75. The largest absolute Gasteiger partial charge is 0.333 e. The van der Waals surface area contributed by atoms with E-state index in [0.29, 0.717) is 18.5 Å². The number of nitrogens with zero attached hydrogens (tertiary/aromatic N) is 2. The van der Waals surface area contributed by atoms with Crippen molar-refractivity contribution in [3.8, 4) is 0 Å². The summed E-state index contributed by atoms with van der Waals surface area (Å²) in [6.45, 7) is 4.69. The van der Waals surface area contributed by atoms with E-state index in [9.17, 15) is 4.79 Å². The van der Waals surface area contributed by atoms with Gasteiger partial charge in [-0.15, -0.1) is 0 Å². The van der Waals surface area contributed by atoms with Crippen molar-refractivity contribution in [1.29, 1.82) is 0 Å².